The Kier molecular flexibility index (Phi) is 3.54. The van der Waals surface area contributed by atoms with Crippen molar-refractivity contribution in [1.82, 2.24) is 0 Å². The molecule has 0 bridgehead atoms. The van der Waals surface area contributed by atoms with Crippen LogP contribution in [0, 0.1) is 6.92 Å². The van der Waals surface area contributed by atoms with Gasteiger partial charge in [-0.05, 0) is 40.9 Å². The zero-order valence-corrected chi connectivity index (χ0v) is 8.93. The van der Waals surface area contributed by atoms with Gasteiger partial charge in [-0.25, -0.2) is 0 Å². The van der Waals surface area contributed by atoms with Crippen LogP contribution in [0.4, 0.5) is 0 Å². The van der Waals surface area contributed by atoms with Crippen molar-refractivity contribution in [1.29, 1.82) is 0 Å². The topological polar surface area (TPSA) is 50.4 Å². The summed E-state index contributed by atoms with van der Waals surface area (Å²) in [4.78, 5) is 10.2. The van der Waals surface area contributed by atoms with E-state index < -0.39 is 5.97 Å². The van der Waals surface area contributed by atoms with E-state index in [9.17, 15) is 4.79 Å². The van der Waals surface area contributed by atoms with Gasteiger partial charge in [0.05, 0.1) is 0 Å². The summed E-state index contributed by atoms with van der Waals surface area (Å²) in [5, 5.41) is 8.43. The standard InChI is InChI=1S/C9H11BrO3/c1-6-5-8(10)13-7(6)3-2-4-9(11)12/h5H,2-4H2,1H3,(H,11,12). The summed E-state index contributed by atoms with van der Waals surface area (Å²) in [6.45, 7) is 1.95. The van der Waals surface area contributed by atoms with Crippen molar-refractivity contribution in [3.05, 3.63) is 22.1 Å². The van der Waals surface area contributed by atoms with Crippen LogP contribution in [0.3, 0.4) is 0 Å². The fourth-order valence-corrected chi connectivity index (χ4v) is 1.67. The molecule has 0 atom stereocenters. The molecule has 0 fully saturated rings. The Labute approximate surface area is 84.9 Å². The highest BCUT2D eigenvalue weighted by molar-refractivity contribution is 9.10. The number of aryl methyl sites for hydroxylation is 2. The van der Waals surface area contributed by atoms with Crippen molar-refractivity contribution in [2.24, 2.45) is 0 Å². The molecule has 1 aromatic heterocycles. The Morgan fingerprint density at radius 2 is 2.38 bits per heavy atom. The minimum Gasteiger partial charge on any atom is -0.481 e. The molecular formula is C9H11BrO3. The molecule has 3 nitrogen and oxygen atoms in total. The number of hydrogen-bond donors (Lipinski definition) is 1. The highest BCUT2D eigenvalue weighted by Gasteiger charge is 2.06. The van der Waals surface area contributed by atoms with Crippen LogP contribution < -0.4 is 0 Å². The number of hydrogen-bond acceptors (Lipinski definition) is 2. The second-order valence-corrected chi connectivity index (χ2v) is 3.69. The predicted octanol–water partition coefficient (Wildman–Crippen LogP) is 2.76. The van der Waals surface area contributed by atoms with E-state index in [-0.39, 0.29) is 6.42 Å². The molecule has 72 valence electrons. The van der Waals surface area contributed by atoms with Crippen LogP contribution in [0.2, 0.25) is 0 Å². The van der Waals surface area contributed by atoms with Crippen molar-refractivity contribution < 1.29 is 14.3 Å². The van der Waals surface area contributed by atoms with Crippen molar-refractivity contribution in [2.45, 2.75) is 26.2 Å². The van der Waals surface area contributed by atoms with Crippen LogP contribution in [-0.2, 0) is 11.2 Å². The van der Waals surface area contributed by atoms with E-state index in [1.165, 1.54) is 0 Å². The van der Waals surface area contributed by atoms with Gasteiger partial charge in [0.1, 0.15) is 5.76 Å². The van der Waals surface area contributed by atoms with Crippen molar-refractivity contribution >= 4 is 21.9 Å². The van der Waals surface area contributed by atoms with E-state index >= 15 is 0 Å². The predicted molar refractivity (Wildman–Crippen MR) is 51.7 cm³/mol. The van der Waals surface area contributed by atoms with Gasteiger partial charge in [0, 0.05) is 12.8 Å². The molecule has 1 aromatic rings. The number of halogens is 1. The van der Waals surface area contributed by atoms with Crippen LogP contribution in [0.1, 0.15) is 24.2 Å². The summed E-state index contributed by atoms with van der Waals surface area (Å²) in [5.41, 5.74) is 1.07. The van der Waals surface area contributed by atoms with Crippen LogP contribution >= 0.6 is 15.9 Å². The largest absolute Gasteiger partial charge is 0.481 e. The maximum Gasteiger partial charge on any atom is 0.303 e. The van der Waals surface area contributed by atoms with Gasteiger partial charge in [0.15, 0.2) is 4.67 Å². The molecule has 1 heterocycles. The van der Waals surface area contributed by atoms with Crippen molar-refractivity contribution in [2.75, 3.05) is 0 Å². The zero-order chi connectivity index (χ0) is 9.84. The second kappa shape index (κ2) is 4.46. The monoisotopic (exact) mass is 246 g/mol. The van der Waals surface area contributed by atoms with Gasteiger partial charge in [-0.3, -0.25) is 4.79 Å². The minimum absolute atomic E-state index is 0.192. The van der Waals surface area contributed by atoms with Gasteiger partial charge >= 0.3 is 5.97 Å². The van der Waals surface area contributed by atoms with Gasteiger partial charge in [-0.2, -0.15) is 0 Å². The molecule has 0 radical (unpaired) electrons. The van der Waals surface area contributed by atoms with Gasteiger partial charge in [0.2, 0.25) is 0 Å². The molecule has 1 rings (SSSR count). The SMILES string of the molecule is Cc1cc(Br)oc1CCCC(=O)O. The van der Waals surface area contributed by atoms with Crippen molar-refractivity contribution in [3.63, 3.8) is 0 Å². The summed E-state index contributed by atoms with van der Waals surface area (Å²) < 4.78 is 6.02. The molecule has 1 N–H and O–H groups in total. The first-order valence-electron chi connectivity index (χ1n) is 4.06. The number of aliphatic carboxylic acids is 1. The van der Waals surface area contributed by atoms with Crippen molar-refractivity contribution in [3.8, 4) is 0 Å². The number of furan rings is 1. The van der Waals surface area contributed by atoms with Crippen LogP contribution in [-0.4, -0.2) is 11.1 Å². The molecule has 0 aliphatic heterocycles. The van der Waals surface area contributed by atoms with Gasteiger partial charge in [-0.1, -0.05) is 0 Å². The third-order valence-electron chi connectivity index (χ3n) is 1.78. The van der Waals surface area contributed by atoms with Crippen LogP contribution in [0.15, 0.2) is 15.2 Å². The molecule has 0 aliphatic carbocycles. The van der Waals surface area contributed by atoms with Gasteiger partial charge < -0.3 is 9.52 Å². The first kappa shape index (κ1) is 10.3. The smallest absolute Gasteiger partial charge is 0.303 e. The molecule has 0 aromatic carbocycles. The Morgan fingerprint density at radius 1 is 1.69 bits per heavy atom. The Bertz CT molecular complexity index is 304. The molecule has 0 saturated carbocycles. The van der Waals surface area contributed by atoms with Crippen LogP contribution in [0.5, 0.6) is 0 Å². The third-order valence-corrected chi connectivity index (χ3v) is 2.18. The molecular weight excluding hydrogens is 236 g/mol. The fourth-order valence-electron chi connectivity index (χ4n) is 1.13. The summed E-state index contributed by atoms with van der Waals surface area (Å²) in [6.07, 6.45) is 1.50. The first-order chi connectivity index (χ1) is 6.09. The Hall–Kier alpha value is -0.770. The number of carbonyl (C=O) groups is 1. The number of carboxylic acid groups (broad SMARTS) is 1. The maximum atomic E-state index is 10.2. The van der Waals surface area contributed by atoms with Gasteiger partial charge in [-0.15, -0.1) is 0 Å². The lowest BCUT2D eigenvalue weighted by molar-refractivity contribution is -0.137. The number of carboxylic acids is 1. The highest BCUT2D eigenvalue weighted by atomic mass is 79.9. The molecule has 13 heavy (non-hydrogen) atoms. The average Bonchev–Trinajstić information content (AvgIpc) is 2.29. The fraction of sp³-hybridized carbons (Fsp3) is 0.444. The summed E-state index contributed by atoms with van der Waals surface area (Å²) >= 11 is 3.22. The summed E-state index contributed by atoms with van der Waals surface area (Å²) in [6, 6.07) is 1.89. The molecule has 0 amide bonds. The summed E-state index contributed by atoms with van der Waals surface area (Å²) in [7, 11) is 0. The lowest BCUT2D eigenvalue weighted by Gasteiger charge is -1.95. The molecule has 0 spiro atoms. The van der Waals surface area contributed by atoms with E-state index in [0.29, 0.717) is 17.5 Å². The highest BCUT2D eigenvalue weighted by Crippen LogP contribution is 2.20. The van der Waals surface area contributed by atoms with E-state index in [4.69, 9.17) is 9.52 Å². The van der Waals surface area contributed by atoms with E-state index in [2.05, 4.69) is 15.9 Å². The molecule has 0 aliphatic rings. The van der Waals surface area contributed by atoms with Gasteiger partial charge in [0.25, 0.3) is 0 Å². The summed E-state index contributed by atoms with van der Waals surface area (Å²) in [5.74, 6) is 0.108. The maximum absolute atomic E-state index is 10.2. The van der Waals surface area contributed by atoms with E-state index in [1.807, 2.05) is 13.0 Å². The van der Waals surface area contributed by atoms with E-state index in [1.54, 1.807) is 0 Å². The molecule has 4 heteroatoms. The Morgan fingerprint density at radius 3 is 2.85 bits per heavy atom. The second-order valence-electron chi connectivity index (χ2n) is 2.90. The normalized spacial score (nSPS) is 10.3. The average molecular weight is 247 g/mol. The van der Waals surface area contributed by atoms with E-state index in [0.717, 1.165) is 11.3 Å². The minimum atomic E-state index is -0.761. The Balaban J connectivity index is 2.45. The first-order valence-corrected chi connectivity index (χ1v) is 4.85. The third kappa shape index (κ3) is 3.22. The lowest BCUT2D eigenvalue weighted by atomic mass is 10.1. The number of rotatable bonds is 4. The lowest BCUT2D eigenvalue weighted by Crippen LogP contribution is -1.95. The van der Waals surface area contributed by atoms with Crippen LogP contribution in [0.25, 0.3) is 0 Å². The molecule has 0 saturated heterocycles. The zero-order valence-electron chi connectivity index (χ0n) is 7.34. The molecule has 0 unspecified atom stereocenters. The quantitative estimate of drug-likeness (QED) is 0.889.